The first-order chi connectivity index (χ1) is 10.1. The van der Waals surface area contributed by atoms with Crippen molar-refractivity contribution in [2.24, 2.45) is 5.92 Å². The molecular weight excluding hydrogens is 278 g/mol. The fourth-order valence-electron chi connectivity index (χ4n) is 2.46. The van der Waals surface area contributed by atoms with E-state index >= 15 is 0 Å². The molecule has 0 spiro atoms. The van der Waals surface area contributed by atoms with Crippen molar-refractivity contribution in [3.05, 3.63) is 52.2 Å². The summed E-state index contributed by atoms with van der Waals surface area (Å²) in [5, 5.41) is 5.90. The summed E-state index contributed by atoms with van der Waals surface area (Å²) in [6.07, 6.45) is 0. The molecule has 114 valence electrons. The standard InChI is InChI=1S/C18H25NOS/c1-5-20-16-10-8-15(9-11-16)14(4)19-18(13(2)3)17-7-6-12-21-17/h6-14,18-19H,5H2,1-4H3. The Morgan fingerprint density at radius 2 is 1.81 bits per heavy atom. The molecular formula is C18H25NOS. The van der Waals surface area contributed by atoms with E-state index in [1.165, 1.54) is 10.4 Å². The van der Waals surface area contributed by atoms with E-state index in [0.717, 1.165) is 5.75 Å². The van der Waals surface area contributed by atoms with Gasteiger partial charge in [-0.05, 0) is 48.9 Å². The molecule has 2 rings (SSSR count). The second kappa shape index (κ2) is 7.62. The van der Waals surface area contributed by atoms with Crippen LogP contribution in [0, 0.1) is 5.92 Å². The maximum Gasteiger partial charge on any atom is 0.119 e. The van der Waals surface area contributed by atoms with Crippen molar-refractivity contribution in [1.29, 1.82) is 0 Å². The molecule has 0 fully saturated rings. The lowest BCUT2D eigenvalue weighted by molar-refractivity contribution is 0.339. The highest BCUT2D eigenvalue weighted by atomic mass is 32.1. The maximum absolute atomic E-state index is 5.50. The average Bonchev–Trinajstić information content (AvgIpc) is 2.99. The van der Waals surface area contributed by atoms with Crippen LogP contribution in [-0.4, -0.2) is 6.61 Å². The van der Waals surface area contributed by atoms with Crippen molar-refractivity contribution in [1.82, 2.24) is 5.32 Å². The lowest BCUT2D eigenvalue weighted by atomic mass is 9.99. The smallest absolute Gasteiger partial charge is 0.119 e. The fraction of sp³-hybridized carbons (Fsp3) is 0.444. The fourth-order valence-corrected chi connectivity index (χ4v) is 3.41. The van der Waals surface area contributed by atoms with Gasteiger partial charge in [0.15, 0.2) is 0 Å². The first-order valence-electron chi connectivity index (χ1n) is 7.64. The monoisotopic (exact) mass is 303 g/mol. The molecule has 0 amide bonds. The van der Waals surface area contributed by atoms with Crippen LogP contribution in [-0.2, 0) is 0 Å². The minimum Gasteiger partial charge on any atom is -0.494 e. The highest BCUT2D eigenvalue weighted by Crippen LogP contribution is 2.29. The van der Waals surface area contributed by atoms with E-state index in [-0.39, 0.29) is 0 Å². The molecule has 0 saturated heterocycles. The predicted octanol–water partition coefficient (Wildman–Crippen LogP) is 5.19. The summed E-state index contributed by atoms with van der Waals surface area (Å²) in [5.41, 5.74) is 1.29. The van der Waals surface area contributed by atoms with Gasteiger partial charge in [0, 0.05) is 17.0 Å². The van der Waals surface area contributed by atoms with Gasteiger partial charge in [-0.2, -0.15) is 0 Å². The zero-order valence-electron chi connectivity index (χ0n) is 13.3. The Morgan fingerprint density at radius 3 is 2.33 bits per heavy atom. The van der Waals surface area contributed by atoms with Crippen molar-refractivity contribution in [3.63, 3.8) is 0 Å². The summed E-state index contributed by atoms with van der Waals surface area (Å²) in [6, 6.07) is 13.4. The molecule has 3 heteroatoms. The second-order valence-corrected chi connectivity index (χ2v) is 6.61. The normalized spacial score (nSPS) is 14.1. The van der Waals surface area contributed by atoms with Crippen molar-refractivity contribution in [2.45, 2.75) is 39.8 Å². The third kappa shape index (κ3) is 4.32. The maximum atomic E-state index is 5.50. The molecule has 2 unspecified atom stereocenters. The van der Waals surface area contributed by atoms with Crippen LogP contribution in [0.2, 0.25) is 0 Å². The Balaban J connectivity index is 2.06. The van der Waals surface area contributed by atoms with Crippen molar-refractivity contribution < 1.29 is 4.74 Å². The molecule has 0 aliphatic heterocycles. The first-order valence-corrected chi connectivity index (χ1v) is 8.52. The quantitative estimate of drug-likeness (QED) is 0.759. The number of thiophene rings is 1. The molecule has 1 heterocycles. The summed E-state index contributed by atoms with van der Waals surface area (Å²) < 4.78 is 5.50. The summed E-state index contributed by atoms with van der Waals surface area (Å²) >= 11 is 1.82. The molecule has 0 radical (unpaired) electrons. The SMILES string of the molecule is CCOc1ccc(C(C)NC(c2cccs2)C(C)C)cc1. The average molecular weight is 303 g/mol. The van der Waals surface area contributed by atoms with Gasteiger partial charge in [-0.25, -0.2) is 0 Å². The van der Waals surface area contributed by atoms with Gasteiger partial charge in [0.25, 0.3) is 0 Å². The van der Waals surface area contributed by atoms with Gasteiger partial charge < -0.3 is 10.1 Å². The van der Waals surface area contributed by atoms with E-state index in [9.17, 15) is 0 Å². The minimum absolute atomic E-state index is 0.315. The summed E-state index contributed by atoms with van der Waals surface area (Å²) in [4.78, 5) is 1.41. The highest BCUT2D eigenvalue weighted by Gasteiger charge is 2.19. The van der Waals surface area contributed by atoms with Crippen molar-refractivity contribution >= 4 is 11.3 Å². The number of rotatable bonds is 7. The Morgan fingerprint density at radius 1 is 1.10 bits per heavy atom. The van der Waals surface area contributed by atoms with E-state index in [4.69, 9.17) is 4.74 Å². The molecule has 1 aromatic carbocycles. The molecule has 21 heavy (non-hydrogen) atoms. The van der Waals surface area contributed by atoms with Crippen LogP contribution < -0.4 is 10.1 Å². The number of benzene rings is 1. The number of nitrogens with one attached hydrogen (secondary N) is 1. The summed E-state index contributed by atoms with van der Waals surface area (Å²) in [6.45, 7) is 9.47. The van der Waals surface area contributed by atoms with Gasteiger partial charge in [0.05, 0.1) is 6.61 Å². The van der Waals surface area contributed by atoms with E-state index in [2.05, 4.69) is 55.7 Å². The van der Waals surface area contributed by atoms with Crippen LogP contribution in [0.5, 0.6) is 5.75 Å². The third-order valence-corrected chi connectivity index (χ3v) is 4.59. The molecule has 2 nitrogen and oxygen atoms in total. The van der Waals surface area contributed by atoms with Gasteiger partial charge >= 0.3 is 0 Å². The van der Waals surface area contributed by atoms with Crippen LogP contribution in [0.25, 0.3) is 0 Å². The Bertz CT molecular complexity index is 519. The summed E-state index contributed by atoms with van der Waals surface area (Å²) in [5.74, 6) is 1.50. The van der Waals surface area contributed by atoms with Crippen LogP contribution in [0.4, 0.5) is 0 Å². The minimum atomic E-state index is 0.315. The Hall–Kier alpha value is -1.32. The molecule has 0 aliphatic rings. The number of hydrogen-bond acceptors (Lipinski definition) is 3. The topological polar surface area (TPSA) is 21.3 Å². The van der Waals surface area contributed by atoms with Gasteiger partial charge in [0.1, 0.15) is 5.75 Å². The highest BCUT2D eigenvalue weighted by molar-refractivity contribution is 7.10. The van der Waals surface area contributed by atoms with Gasteiger partial charge in [0.2, 0.25) is 0 Å². The third-order valence-electron chi connectivity index (χ3n) is 3.64. The lowest BCUT2D eigenvalue weighted by Gasteiger charge is -2.26. The second-order valence-electron chi connectivity index (χ2n) is 5.63. The number of hydrogen-bond donors (Lipinski definition) is 1. The van der Waals surface area contributed by atoms with Crippen LogP contribution in [0.1, 0.15) is 50.2 Å². The molecule has 1 aromatic heterocycles. The Kier molecular flexibility index (Phi) is 5.83. The van der Waals surface area contributed by atoms with E-state index < -0.39 is 0 Å². The molecule has 1 N–H and O–H groups in total. The van der Waals surface area contributed by atoms with Crippen molar-refractivity contribution in [2.75, 3.05) is 6.61 Å². The van der Waals surface area contributed by atoms with Gasteiger partial charge in [-0.15, -0.1) is 11.3 Å². The van der Waals surface area contributed by atoms with E-state index in [1.807, 2.05) is 30.4 Å². The van der Waals surface area contributed by atoms with Crippen LogP contribution in [0.15, 0.2) is 41.8 Å². The van der Waals surface area contributed by atoms with Crippen LogP contribution in [0.3, 0.4) is 0 Å². The van der Waals surface area contributed by atoms with E-state index in [0.29, 0.717) is 24.6 Å². The number of ether oxygens (including phenoxy) is 1. The molecule has 2 aromatic rings. The first kappa shape index (κ1) is 16.1. The van der Waals surface area contributed by atoms with E-state index in [1.54, 1.807) is 0 Å². The zero-order valence-corrected chi connectivity index (χ0v) is 14.1. The largest absolute Gasteiger partial charge is 0.494 e. The molecule has 0 bridgehead atoms. The van der Waals surface area contributed by atoms with Gasteiger partial charge in [-0.3, -0.25) is 0 Å². The van der Waals surface area contributed by atoms with Crippen molar-refractivity contribution in [3.8, 4) is 5.75 Å². The van der Waals surface area contributed by atoms with Crippen LogP contribution >= 0.6 is 11.3 Å². The molecule has 2 atom stereocenters. The Labute approximate surface area is 132 Å². The molecule has 0 aliphatic carbocycles. The summed E-state index contributed by atoms with van der Waals surface area (Å²) in [7, 11) is 0. The molecule has 0 saturated carbocycles. The zero-order chi connectivity index (χ0) is 15.2. The predicted molar refractivity (Wildman–Crippen MR) is 91.1 cm³/mol. The lowest BCUT2D eigenvalue weighted by Crippen LogP contribution is -2.27. The van der Waals surface area contributed by atoms with Gasteiger partial charge in [-0.1, -0.05) is 32.0 Å².